The molecule has 2 aromatic carbocycles. The second kappa shape index (κ2) is 8.29. The summed E-state index contributed by atoms with van der Waals surface area (Å²) in [5.74, 6) is -0.703. The number of nitrogens with zero attached hydrogens (tertiary/aromatic N) is 1. The molecular formula is C31H34FNO2. The molecule has 1 heterocycles. The van der Waals surface area contributed by atoms with Gasteiger partial charge in [-0.25, -0.2) is 4.39 Å². The van der Waals surface area contributed by atoms with Crippen LogP contribution in [-0.2, 0) is 16.1 Å². The van der Waals surface area contributed by atoms with Gasteiger partial charge in [0.05, 0.1) is 0 Å². The molecule has 0 N–H and O–H groups in total. The van der Waals surface area contributed by atoms with Crippen molar-refractivity contribution in [1.82, 2.24) is 4.90 Å². The number of Topliss-reactive ketones (excluding diaryl/α,β-unsaturated/α-hetero) is 2. The molecule has 0 spiro atoms. The van der Waals surface area contributed by atoms with Gasteiger partial charge < -0.3 is 4.90 Å². The molecule has 0 fully saturated rings. The van der Waals surface area contributed by atoms with Gasteiger partial charge in [0.2, 0.25) is 0 Å². The highest BCUT2D eigenvalue weighted by atomic mass is 19.1. The molecule has 0 saturated heterocycles. The van der Waals surface area contributed by atoms with Crippen LogP contribution in [-0.4, -0.2) is 16.5 Å². The minimum Gasteiger partial charge on any atom is -0.343 e. The lowest BCUT2D eigenvalue weighted by atomic mass is 9.63. The molecule has 0 unspecified atom stereocenters. The summed E-state index contributed by atoms with van der Waals surface area (Å²) in [5, 5.41) is 0. The summed E-state index contributed by atoms with van der Waals surface area (Å²) in [6.45, 7) is 11.2. The second-order valence-electron chi connectivity index (χ2n) is 12.2. The number of ketones is 2. The minimum atomic E-state index is -0.503. The van der Waals surface area contributed by atoms with Gasteiger partial charge in [0, 0.05) is 47.8 Å². The third kappa shape index (κ3) is 4.39. The minimum absolute atomic E-state index is 0.0728. The van der Waals surface area contributed by atoms with Gasteiger partial charge in [-0.3, -0.25) is 9.59 Å². The van der Waals surface area contributed by atoms with E-state index in [0.717, 1.165) is 29.8 Å². The van der Waals surface area contributed by atoms with E-state index in [0.29, 0.717) is 36.1 Å². The monoisotopic (exact) mass is 471 g/mol. The molecule has 0 bridgehead atoms. The normalized spacial score (nSPS) is 21.8. The number of carbonyl (C=O) groups excluding carboxylic acids is 2. The van der Waals surface area contributed by atoms with Gasteiger partial charge in [-0.05, 0) is 53.9 Å². The zero-order chi connectivity index (χ0) is 25.1. The fourth-order valence-corrected chi connectivity index (χ4v) is 6.13. The van der Waals surface area contributed by atoms with Crippen molar-refractivity contribution in [1.29, 1.82) is 0 Å². The standard InChI is InChI=1S/C31H34FNO2/c1-19-9-11-20(12-10-19)18-33-23-14-30(2,3)16-25(34)28(23)27(21-7-6-8-22(32)13-21)29-24(33)15-31(4,5)17-26(29)35/h6-13,27H,14-18H2,1-5H3. The highest BCUT2D eigenvalue weighted by molar-refractivity contribution is 6.06. The Labute approximate surface area is 207 Å². The number of allylic oxidation sites excluding steroid dienone is 4. The summed E-state index contributed by atoms with van der Waals surface area (Å²) < 4.78 is 14.4. The number of rotatable bonds is 3. The number of aryl methyl sites for hydroxylation is 1. The number of halogens is 1. The Balaban J connectivity index is 1.76. The maximum Gasteiger partial charge on any atom is 0.162 e. The van der Waals surface area contributed by atoms with Gasteiger partial charge in [-0.2, -0.15) is 0 Å². The van der Waals surface area contributed by atoms with Crippen molar-refractivity contribution in [2.75, 3.05) is 0 Å². The van der Waals surface area contributed by atoms with Crippen LogP contribution in [0.2, 0.25) is 0 Å². The van der Waals surface area contributed by atoms with Crippen LogP contribution >= 0.6 is 0 Å². The Morgan fingerprint density at radius 3 is 1.89 bits per heavy atom. The molecule has 3 aliphatic rings. The van der Waals surface area contributed by atoms with Gasteiger partial charge >= 0.3 is 0 Å². The van der Waals surface area contributed by atoms with E-state index in [1.54, 1.807) is 6.07 Å². The van der Waals surface area contributed by atoms with Crippen molar-refractivity contribution in [2.24, 2.45) is 10.8 Å². The molecule has 0 radical (unpaired) electrons. The molecular weight excluding hydrogens is 437 g/mol. The Morgan fingerprint density at radius 1 is 0.829 bits per heavy atom. The van der Waals surface area contributed by atoms with Gasteiger partial charge in [-0.15, -0.1) is 0 Å². The first-order chi connectivity index (χ1) is 16.4. The molecule has 5 rings (SSSR count). The first-order valence-electron chi connectivity index (χ1n) is 12.6. The summed E-state index contributed by atoms with van der Waals surface area (Å²) >= 11 is 0. The van der Waals surface area contributed by atoms with E-state index < -0.39 is 5.92 Å². The lowest BCUT2D eigenvalue weighted by Gasteiger charge is -2.49. The molecule has 4 heteroatoms. The average Bonchev–Trinajstić information content (AvgIpc) is 2.74. The molecule has 2 aromatic rings. The van der Waals surface area contributed by atoms with E-state index in [4.69, 9.17) is 0 Å². The lowest BCUT2D eigenvalue weighted by Crippen LogP contribution is -2.44. The number of hydrogen-bond donors (Lipinski definition) is 0. The van der Waals surface area contributed by atoms with Crippen molar-refractivity contribution in [3.63, 3.8) is 0 Å². The molecule has 0 aromatic heterocycles. The van der Waals surface area contributed by atoms with Crippen molar-refractivity contribution < 1.29 is 14.0 Å². The van der Waals surface area contributed by atoms with Crippen molar-refractivity contribution in [2.45, 2.75) is 72.8 Å². The average molecular weight is 472 g/mol. The molecule has 0 saturated carbocycles. The molecule has 0 amide bonds. The highest BCUT2D eigenvalue weighted by Crippen LogP contribution is 2.54. The zero-order valence-electron chi connectivity index (χ0n) is 21.4. The summed E-state index contributed by atoms with van der Waals surface area (Å²) in [4.78, 5) is 29.8. The van der Waals surface area contributed by atoms with Gasteiger partial charge in [0.15, 0.2) is 11.6 Å². The van der Waals surface area contributed by atoms with Gasteiger partial charge in [0.1, 0.15) is 5.82 Å². The van der Waals surface area contributed by atoms with Crippen LogP contribution in [0.4, 0.5) is 4.39 Å². The first-order valence-corrected chi connectivity index (χ1v) is 12.6. The molecule has 182 valence electrons. The van der Waals surface area contributed by atoms with E-state index >= 15 is 0 Å². The number of benzene rings is 2. The second-order valence-corrected chi connectivity index (χ2v) is 12.2. The topological polar surface area (TPSA) is 37.4 Å². The lowest BCUT2D eigenvalue weighted by molar-refractivity contribution is -0.119. The summed E-state index contributed by atoms with van der Waals surface area (Å²) in [6, 6.07) is 14.9. The molecule has 2 aliphatic carbocycles. The van der Waals surface area contributed by atoms with E-state index in [-0.39, 0.29) is 28.2 Å². The predicted molar refractivity (Wildman–Crippen MR) is 136 cm³/mol. The van der Waals surface area contributed by atoms with E-state index in [9.17, 15) is 14.0 Å². The van der Waals surface area contributed by atoms with Gasteiger partial charge in [-0.1, -0.05) is 69.7 Å². The highest BCUT2D eigenvalue weighted by Gasteiger charge is 2.48. The number of carbonyl (C=O) groups is 2. The number of hydrogen-bond acceptors (Lipinski definition) is 3. The quantitative estimate of drug-likeness (QED) is 0.483. The Kier molecular flexibility index (Phi) is 5.62. The van der Waals surface area contributed by atoms with Gasteiger partial charge in [0.25, 0.3) is 0 Å². The van der Waals surface area contributed by atoms with Crippen LogP contribution in [0, 0.1) is 23.6 Å². The summed E-state index contributed by atoms with van der Waals surface area (Å²) in [7, 11) is 0. The third-order valence-corrected chi connectivity index (χ3v) is 7.67. The Hall–Kier alpha value is -3.01. The third-order valence-electron chi connectivity index (χ3n) is 7.67. The predicted octanol–water partition coefficient (Wildman–Crippen LogP) is 7.02. The molecule has 1 aliphatic heterocycles. The summed E-state index contributed by atoms with van der Waals surface area (Å²) in [5.41, 5.74) is 6.06. The first kappa shape index (κ1) is 23.7. The molecule has 3 nitrogen and oxygen atoms in total. The van der Waals surface area contributed by atoms with E-state index in [1.165, 1.54) is 17.7 Å². The maximum atomic E-state index is 14.4. The fraction of sp³-hybridized carbons (Fsp3) is 0.419. The van der Waals surface area contributed by atoms with Crippen LogP contribution in [0.5, 0.6) is 0 Å². The molecule has 0 atom stereocenters. The van der Waals surface area contributed by atoms with Crippen LogP contribution in [0.3, 0.4) is 0 Å². The van der Waals surface area contributed by atoms with E-state index in [1.807, 2.05) is 6.07 Å². The molecule has 35 heavy (non-hydrogen) atoms. The Morgan fingerprint density at radius 2 is 1.37 bits per heavy atom. The van der Waals surface area contributed by atoms with Crippen molar-refractivity contribution >= 4 is 11.6 Å². The van der Waals surface area contributed by atoms with E-state index in [2.05, 4.69) is 63.8 Å². The van der Waals surface area contributed by atoms with Crippen molar-refractivity contribution in [3.05, 3.63) is 93.6 Å². The van der Waals surface area contributed by atoms with Crippen LogP contribution in [0.1, 0.15) is 76.0 Å². The SMILES string of the molecule is Cc1ccc(CN2C3=C(C(=O)CC(C)(C)C3)C(c3cccc(F)c3)C3=C2CC(C)(C)CC3=O)cc1. The zero-order valence-corrected chi connectivity index (χ0v) is 21.4. The Bertz CT molecular complexity index is 1230. The largest absolute Gasteiger partial charge is 0.343 e. The fourth-order valence-electron chi connectivity index (χ4n) is 6.13. The van der Waals surface area contributed by atoms with Crippen LogP contribution in [0.25, 0.3) is 0 Å². The van der Waals surface area contributed by atoms with Crippen molar-refractivity contribution in [3.8, 4) is 0 Å². The van der Waals surface area contributed by atoms with Crippen LogP contribution < -0.4 is 0 Å². The smallest absolute Gasteiger partial charge is 0.162 e. The van der Waals surface area contributed by atoms with Crippen LogP contribution in [0.15, 0.2) is 71.1 Å². The maximum absolute atomic E-state index is 14.4. The summed E-state index contributed by atoms with van der Waals surface area (Å²) in [6.07, 6.45) is 2.35.